The summed E-state index contributed by atoms with van der Waals surface area (Å²) in [5, 5.41) is 1.27. The molecular weight excluding hydrogens is 348 g/mol. The lowest BCUT2D eigenvalue weighted by Crippen LogP contribution is -2.09. The van der Waals surface area contributed by atoms with E-state index in [1.165, 1.54) is 0 Å². The van der Waals surface area contributed by atoms with Gasteiger partial charge >= 0.3 is 0 Å². The number of H-pyrrole nitrogens is 1. The quantitative estimate of drug-likeness (QED) is 0.566. The van der Waals surface area contributed by atoms with Gasteiger partial charge in [0.05, 0.1) is 10.9 Å². The number of hydrogen-bond donors (Lipinski definition) is 1. The van der Waals surface area contributed by atoms with Crippen LogP contribution in [0.15, 0.2) is 77.6 Å². The van der Waals surface area contributed by atoms with Crippen molar-refractivity contribution in [2.24, 2.45) is 0 Å². The van der Waals surface area contributed by atoms with Gasteiger partial charge in [0, 0.05) is 10.6 Å². The fourth-order valence-corrected chi connectivity index (χ4v) is 2.83. The number of fused-ring (bicyclic) bond motifs is 1. The van der Waals surface area contributed by atoms with Crippen LogP contribution in [0, 0.1) is 0 Å². The fourth-order valence-electron chi connectivity index (χ4n) is 2.70. The molecule has 0 unspecified atom stereocenters. The first-order chi connectivity index (χ1) is 12.7. The van der Waals surface area contributed by atoms with Crippen molar-refractivity contribution in [1.29, 1.82) is 0 Å². The molecule has 0 aliphatic heterocycles. The van der Waals surface area contributed by atoms with Crippen molar-refractivity contribution in [2.75, 3.05) is 0 Å². The summed E-state index contributed by atoms with van der Waals surface area (Å²) in [6.45, 7) is 0.433. The van der Waals surface area contributed by atoms with E-state index in [1.807, 2.05) is 66.7 Å². The number of halogens is 1. The van der Waals surface area contributed by atoms with Crippen LogP contribution in [0.5, 0.6) is 5.75 Å². The van der Waals surface area contributed by atoms with Gasteiger partial charge in [-0.05, 0) is 42.0 Å². The molecule has 3 aromatic carbocycles. The Kier molecular flexibility index (Phi) is 4.42. The van der Waals surface area contributed by atoms with Gasteiger partial charge in [-0.1, -0.05) is 48.0 Å². The second-order valence-corrected chi connectivity index (χ2v) is 6.31. The van der Waals surface area contributed by atoms with Crippen molar-refractivity contribution in [2.45, 2.75) is 6.61 Å². The summed E-state index contributed by atoms with van der Waals surface area (Å²) >= 11 is 5.89. The maximum Gasteiger partial charge on any atom is 0.259 e. The number of para-hydroxylation sites is 1. The summed E-state index contributed by atoms with van der Waals surface area (Å²) < 4.78 is 5.85. The van der Waals surface area contributed by atoms with E-state index < -0.39 is 0 Å². The number of aromatic nitrogens is 2. The van der Waals surface area contributed by atoms with Crippen LogP contribution >= 0.6 is 11.6 Å². The molecule has 26 heavy (non-hydrogen) atoms. The standard InChI is InChI=1S/C21H15ClN2O2/c22-16-10-8-14(9-11-16)13-26-17-5-3-4-15(12-17)20-23-19-7-2-1-6-18(19)21(25)24-20/h1-12H,13H2,(H,23,24,25). The van der Waals surface area contributed by atoms with Crippen molar-refractivity contribution < 1.29 is 4.74 Å². The van der Waals surface area contributed by atoms with Gasteiger partial charge in [-0.15, -0.1) is 0 Å². The molecule has 4 nitrogen and oxygen atoms in total. The van der Waals surface area contributed by atoms with Gasteiger partial charge in [-0.3, -0.25) is 4.79 Å². The van der Waals surface area contributed by atoms with Crippen LogP contribution in [0.4, 0.5) is 0 Å². The third-order valence-electron chi connectivity index (χ3n) is 4.04. The van der Waals surface area contributed by atoms with Crippen LogP contribution in [0.2, 0.25) is 5.02 Å². The molecule has 0 saturated heterocycles. The molecule has 0 amide bonds. The van der Waals surface area contributed by atoms with Crippen molar-refractivity contribution in [1.82, 2.24) is 9.97 Å². The Morgan fingerprint density at radius 2 is 1.77 bits per heavy atom. The van der Waals surface area contributed by atoms with Gasteiger partial charge in [0.15, 0.2) is 0 Å². The predicted octanol–water partition coefficient (Wildman–Crippen LogP) is 4.82. The number of aromatic amines is 1. The monoisotopic (exact) mass is 362 g/mol. The molecule has 0 saturated carbocycles. The van der Waals surface area contributed by atoms with Crippen LogP contribution in [-0.4, -0.2) is 9.97 Å². The van der Waals surface area contributed by atoms with E-state index in [-0.39, 0.29) is 5.56 Å². The van der Waals surface area contributed by atoms with Crippen molar-refractivity contribution in [3.63, 3.8) is 0 Å². The summed E-state index contributed by atoms with van der Waals surface area (Å²) in [5.41, 5.74) is 2.33. The number of hydrogen-bond acceptors (Lipinski definition) is 3. The summed E-state index contributed by atoms with van der Waals surface area (Å²) in [6, 6.07) is 22.3. The third kappa shape index (κ3) is 3.46. The number of rotatable bonds is 4. The molecular formula is C21H15ClN2O2. The lowest BCUT2D eigenvalue weighted by molar-refractivity contribution is 0.306. The largest absolute Gasteiger partial charge is 0.489 e. The molecule has 0 spiro atoms. The molecule has 4 rings (SSSR count). The van der Waals surface area contributed by atoms with E-state index in [4.69, 9.17) is 16.3 Å². The van der Waals surface area contributed by atoms with Crippen molar-refractivity contribution in [3.05, 3.63) is 93.7 Å². The first kappa shape index (κ1) is 16.4. The molecule has 0 aliphatic rings. The highest BCUT2D eigenvalue weighted by molar-refractivity contribution is 6.30. The van der Waals surface area contributed by atoms with Gasteiger partial charge in [-0.2, -0.15) is 0 Å². The minimum Gasteiger partial charge on any atom is -0.489 e. The number of nitrogens with one attached hydrogen (secondary N) is 1. The Labute approximate surface area is 155 Å². The highest BCUT2D eigenvalue weighted by Crippen LogP contribution is 2.22. The Morgan fingerprint density at radius 1 is 0.962 bits per heavy atom. The Hall–Kier alpha value is -3.11. The van der Waals surface area contributed by atoms with Crippen LogP contribution < -0.4 is 10.3 Å². The summed E-state index contributed by atoms with van der Waals surface area (Å²) in [5.74, 6) is 1.22. The number of ether oxygens (including phenoxy) is 1. The summed E-state index contributed by atoms with van der Waals surface area (Å²) in [6.07, 6.45) is 0. The van der Waals surface area contributed by atoms with E-state index in [2.05, 4.69) is 9.97 Å². The first-order valence-electron chi connectivity index (χ1n) is 8.16. The van der Waals surface area contributed by atoms with Crippen LogP contribution in [0.3, 0.4) is 0 Å². The molecule has 128 valence electrons. The highest BCUT2D eigenvalue weighted by atomic mass is 35.5. The fraction of sp³-hybridized carbons (Fsp3) is 0.0476. The molecule has 1 heterocycles. The van der Waals surface area contributed by atoms with E-state index in [0.29, 0.717) is 34.1 Å². The second-order valence-electron chi connectivity index (χ2n) is 5.87. The van der Waals surface area contributed by atoms with Gasteiger partial charge in [0.1, 0.15) is 18.2 Å². The minimum absolute atomic E-state index is 0.155. The normalized spacial score (nSPS) is 10.8. The van der Waals surface area contributed by atoms with E-state index in [1.54, 1.807) is 6.07 Å². The average Bonchev–Trinajstić information content (AvgIpc) is 2.68. The Bertz CT molecular complexity index is 1120. The average molecular weight is 363 g/mol. The SMILES string of the molecule is O=c1[nH]c(-c2cccc(OCc3ccc(Cl)cc3)c2)nc2ccccc12. The number of nitrogens with zero attached hydrogens (tertiary/aromatic N) is 1. The smallest absolute Gasteiger partial charge is 0.259 e. The predicted molar refractivity (Wildman–Crippen MR) is 104 cm³/mol. The minimum atomic E-state index is -0.155. The van der Waals surface area contributed by atoms with Gasteiger partial charge in [0.25, 0.3) is 5.56 Å². The summed E-state index contributed by atoms with van der Waals surface area (Å²) in [4.78, 5) is 19.6. The molecule has 0 aliphatic carbocycles. The molecule has 1 aromatic heterocycles. The lowest BCUT2D eigenvalue weighted by atomic mass is 10.2. The van der Waals surface area contributed by atoms with Gasteiger partial charge in [0.2, 0.25) is 0 Å². The number of benzene rings is 3. The van der Waals surface area contributed by atoms with Crippen molar-refractivity contribution >= 4 is 22.5 Å². The second kappa shape index (κ2) is 7.02. The molecule has 0 fully saturated rings. The van der Waals surface area contributed by atoms with Gasteiger partial charge in [-0.25, -0.2) is 4.98 Å². The maximum absolute atomic E-state index is 12.3. The Balaban J connectivity index is 1.61. The highest BCUT2D eigenvalue weighted by Gasteiger charge is 2.07. The zero-order chi connectivity index (χ0) is 17.9. The summed E-state index contributed by atoms with van der Waals surface area (Å²) in [7, 11) is 0. The van der Waals surface area contributed by atoms with E-state index in [9.17, 15) is 4.79 Å². The Morgan fingerprint density at radius 3 is 2.62 bits per heavy atom. The molecule has 4 aromatic rings. The molecule has 0 atom stereocenters. The van der Waals surface area contributed by atoms with Crippen LogP contribution in [-0.2, 0) is 6.61 Å². The maximum atomic E-state index is 12.3. The molecule has 1 N–H and O–H groups in total. The first-order valence-corrected chi connectivity index (χ1v) is 8.53. The van der Waals surface area contributed by atoms with Crippen LogP contribution in [0.25, 0.3) is 22.3 Å². The van der Waals surface area contributed by atoms with E-state index in [0.717, 1.165) is 11.1 Å². The topological polar surface area (TPSA) is 55.0 Å². The molecule has 0 bridgehead atoms. The zero-order valence-corrected chi connectivity index (χ0v) is 14.5. The van der Waals surface area contributed by atoms with E-state index >= 15 is 0 Å². The third-order valence-corrected chi connectivity index (χ3v) is 4.29. The molecule has 5 heteroatoms. The zero-order valence-electron chi connectivity index (χ0n) is 13.8. The van der Waals surface area contributed by atoms with Gasteiger partial charge < -0.3 is 9.72 Å². The van der Waals surface area contributed by atoms with Crippen LogP contribution in [0.1, 0.15) is 5.56 Å². The molecule has 0 radical (unpaired) electrons. The lowest BCUT2D eigenvalue weighted by Gasteiger charge is -2.09. The van der Waals surface area contributed by atoms with Crippen molar-refractivity contribution in [3.8, 4) is 17.1 Å².